The third kappa shape index (κ3) is 3.81. The largest absolute Gasteiger partial charge is 0.377 e. The lowest BCUT2D eigenvalue weighted by Crippen LogP contribution is -2.66. The standard InChI is InChI=1S/C44H33BN2Si/c1-48(2)42-26-24-32(30-14-5-3-6-15-30)28-40(42)47(41-29-33(25-27-43(41)48)31-16-7-4-8-17-31)45-36-20-10-12-23-39(36)46-38-22-11-9-18-34(38)35-19-13-21-37(45)44(35)46/h3-29H,1-2H3. The smallest absolute Gasteiger partial charge is 0.332 e. The average Bonchev–Trinajstić information content (AvgIpc) is 3.49. The molecule has 226 valence electrons. The quantitative estimate of drug-likeness (QED) is 0.178. The number of anilines is 2. The minimum atomic E-state index is -2.08. The maximum atomic E-state index is 2.70. The van der Waals surface area contributed by atoms with E-state index in [2.05, 4.69) is 186 Å². The Bertz CT molecular complexity index is 2460. The highest BCUT2D eigenvalue weighted by Gasteiger charge is 2.45. The van der Waals surface area contributed by atoms with Crippen LogP contribution in [0.5, 0.6) is 0 Å². The fraction of sp³-hybridized carbons (Fsp3) is 0.0455. The van der Waals surface area contributed by atoms with Crippen LogP contribution in [0.25, 0.3) is 49.7 Å². The van der Waals surface area contributed by atoms with Crippen molar-refractivity contribution in [1.29, 1.82) is 0 Å². The van der Waals surface area contributed by atoms with E-state index in [4.69, 9.17) is 0 Å². The molecule has 0 aliphatic carbocycles. The van der Waals surface area contributed by atoms with Crippen LogP contribution in [0, 0.1) is 0 Å². The lowest BCUT2D eigenvalue weighted by Gasteiger charge is -2.45. The first-order valence-corrected chi connectivity index (χ1v) is 19.9. The molecule has 0 fully saturated rings. The molecular formula is C44H33BN2Si. The Balaban J connectivity index is 1.32. The molecule has 0 unspecified atom stereocenters. The number of hydrogen-bond donors (Lipinski definition) is 0. The summed E-state index contributed by atoms with van der Waals surface area (Å²) in [6.07, 6.45) is 0. The first kappa shape index (κ1) is 27.5. The summed E-state index contributed by atoms with van der Waals surface area (Å²) in [6.45, 7) is 5.04. The first-order valence-electron chi connectivity index (χ1n) is 16.9. The van der Waals surface area contributed by atoms with Crippen molar-refractivity contribution in [2.45, 2.75) is 13.1 Å². The summed E-state index contributed by atoms with van der Waals surface area (Å²) < 4.78 is 2.51. The Morgan fingerprint density at radius 3 is 1.65 bits per heavy atom. The fourth-order valence-corrected chi connectivity index (χ4v) is 11.5. The summed E-state index contributed by atoms with van der Waals surface area (Å²) in [4.78, 5) is 2.70. The van der Waals surface area contributed by atoms with E-state index in [0.29, 0.717) is 0 Å². The highest BCUT2D eigenvalue weighted by atomic mass is 28.3. The van der Waals surface area contributed by atoms with Gasteiger partial charge in [-0.3, -0.25) is 0 Å². The SMILES string of the molecule is C[Si]1(C)c2ccc(-c3ccccc3)cc2N(B2c3ccccc3-n3c4ccccc4c4cccc2c43)c2cc(-c3ccccc3)ccc21. The van der Waals surface area contributed by atoms with Gasteiger partial charge in [-0.1, -0.05) is 153 Å². The number of hydrogen-bond acceptors (Lipinski definition) is 1. The molecule has 4 heteroatoms. The Hall–Kier alpha value is -5.58. The van der Waals surface area contributed by atoms with Crippen molar-refractivity contribution in [2.24, 2.45) is 0 Å². The van der Waals surface area contributed by atoms with E-state index in [1.165, 1.54) is 82.4 Å². The lowest BCUT2D eigenvalue weighted by molar-refractivity contribution is 1.18. The zero-order valence-electron chi connectivity index (χ0n) is 27.1. The third-order valence-corrected chi connectivity index (χ3v) is 14.4. The summed E-state index contributed by atoms with van der Waals surface area (Å²) in [5.74, 6) is 0. The van der Waals surface area contributed by atoms with Crippen LogP contribution < -0.4 is 26.1 Å². The molecule has 0 atom stereocenters. The van der Waals surface area contributed by atoms with Gasteiger partial charge in [-0.15, -0.1) is 0 Å². The second-order valence-electron chi connectivity index (χ2n) is 13.7. The van der Waals surface area contributed by atoms with Gasteiger partial charge in [0.25, 0.3) is 0 Å². The molecule has 8 aromatic rings. The first-order chi connectivity index (χ1) is 23.6. The van der Waals surface area contributed by atoms with E-state index < -0.39 is 8.07 Å². The van der Waals surface area contributed by atoms with Gasteiger partial charge in [0, 0.05) is 27.8 Å². The van der Waals surface area contributed by atoms with Gasteiger partial charge in [0.2, 0.25) is 0 Å². The predicted molar refractivity (Wildman–Crippen MR) is 208 cm³/mol. The number of rotatable bonds is 3. The molecule has 0 bridgehead atoms. The van der Waals surface area contributed by atoms with Crippen LogP contribution in [0.15, 0.2) is 164 Å². The van der Waals surface area contributed by atoms with Crippen LogP contribution in [0.2, 0.25) is 13.1 Å². The number of benzene rings is 7. The predicted octanol–water partition coefficient (Wildman–Crippen LogP) is 8.51. The summed E-state index contributed by atoms with van der Waals surface area (Å²) in [5, 5.41) is 5.58. The molecule has 48 heavy (non-hydrogen) atoms. The highest BCUT2D eigenvalue weighted by molar-refractivity contribution is 7.04. The maximum absolute atomic E-state index is 2.70. The molecular weight excluding hydrogens is 595 g/mol. The van der Waals surface area contributed by atoms with Crippen molar-refractivity contribution in [1.82, 2.24) is 4.57 Å². The van der Waals surface area contributed by atoms with Crippen molar-refractivity contribution in [3.8, 4) is 27.9 Å². The van der Waals surface area contributed by atoms with Gasteiger partial charge in [0.05, 0.1) is 11.0 Å². The van der Waals surface area contributed by atoms with E-state index in [1.54, 1.807) is 0 Å². The molecule has 2 aliphatic rings. The van der Waals surface area contributed by atoms with Gasteiger partial charge in [-0.25, -0.2) is 0 Å². The summed E-state index contributed by atoms with van der Waals surface area (Å²) in [7, 11) is -2.08. The molecule has 7 aromatic carbocycles. The molecule has 0 radical (unpaired) electrons. The van der Waals surface area contributed by atoms with Gasteiger partial charge in [-0.05, 0) is 67.8 Å². The minimum Gasteiger partial charge on any atom is -0.377 e. The molecule has 0 saturated heterocycles. The van der Waals surface area contributed by atoms with Crippen LogP contribution in [0.1, 0.15) is 0 Å². The third-order valence-electron chi connectivity index (χ3n) is 10.8. The molecule has 2 aliphatic heterocycles. The highest BCUT2D eigenvalue weighted by Crippen LogP contribution is 2.40. The van der Waals surface area contributed by atoms with E-state index >= 15 is 0 Å². The summed E-state index contributed by atoms with van der Waals surface area (Å²) in [5.41, 5.74) is 14.2. The van der Waals surface area contributed by atoms with Crippen molar-refractivity contribution in [2.75, 3.05) is 4.81 Å². The monoisotopic (exact) mass is 628 g/mol. The second-order valence-corrected chi connectivity index (χ2v) is 18.1. The Labute approximate surface area is 282 Å². The van der Waals surface area contributed by atoms with Crippen molar-refractivity contribution in [3.63, 3.8) is 0 Å². The second kappa shape index (κ2) is 10.2. The van der Waals surface area contributed by atoms with Crippen LogP contribution in [-0.2, 0) is 0 Å². The van der Waals surface area contributed by atoms with Crippen molar-refractivity contribution in [3.05, 3.63) is 164 Å². The number of aromatic nitrogens is 1. The fourth-order valence-electron chi connectivity index (χ4n) is 8.58. The Kier molecular flexibility index (Phi) is 5.85. The van der Waals surface area contributed by atoms with Gasteiger partial charge in [0.15, 0.2) is 0 Å². The van der Waals surface area contributed by atoms with Crippen molar-refractivity contribution < 1.29 is 0 Å². The summed E-state index contributed by atoms with van der Waals surface area (Å²) >= 11 is 0. The van der Waals surface area contributed by atoms with Crippen LogP contribution in [-0.4, -0.2) is 19.5 Å². The van der Waals surface area contributed by atoms with Crippen LogP contribution in [0.3, 0.4) is 0 Å². The van der Waals surface area contributed by atoms with E-state index in [0.717, 1.165) is 0 Å². The molecule has 0 spiro atoms. The molecule has 3 heterocycles. The molecule has 0 N–H and O–H groups in total. The van der Waals surface area contributed by atoms with E-state index in [-0.39, 0.29) is 6.85 Å². The van der Waals surface area contributed by atoms with Crippen molar-refractivity contribution >= 4 is 69.4 Å². The Morgan fingerprint density at radius 1 is 0.438 bits per heavy atom. The van der Waals surface area contributed by atoms with Crippen LogP contribution >= 0.6 is 0 Å². The van der Waals surface area contributed by atoms with E-state index in [9.17, 15) is 0 Å². The number of fused-ring (bicyclic) bond motifs is 7. The average molecular weight is 629 g/mol. The van der Waals surface area contributed by atoms with Crippen LogP contribution in [0.4, 0.5) is 11.4 Å². The number of nitrogens with zero attached hydrogens (tertiary/aromatic N) is 2. The topological polar surface area (TPSA) is 8.17 Å². The zero-order chi connectivity index (χ0) is 32.0. The van der Waals surface area contributed by atoms with Gasteiger partial charge >= 0.3 is 6.85 Å². The van der Waals surface area contributed by atoms with Gasteiger partial charge < -0.3 is 9.38 Å². The molecule has 10 rings (SSSR count). The molecule has 0 saturated carbocycles. The molecule has 0 amide bonds. The number of para-hydroxylation sites is 3. The van der Waals surface area contributed by atoms with Gasteiger partial charge in [-0.2, -0.15) is 0 Å². The van der Waals surface area contributed by atoms with E-state index in [1.807, 2.05) is 0 Å². The van der Waals surface area contributed by atoms with Gasteiger partial charge in [0.1, 0.15) is 8.07 Å². The summed E-state index contributed by atoms with van der Waals surface area (Å²) in [6, 6.07) is 61.1. The maximum Gasteiger partial charge on any atom is 0.332 e. The normalized spacial score (nSPS) is 14.1. The molecule has 1 aromatic heterocycles. The zero-order valence-corrected chi connectivity index (χ0v) is 28.1. The molecule has 2 nitrogen and oxygen atoms in total. The Morgan fingerprint density at radius 2 is 0.979 bits per heavy atom. The lowest BCUT2D eigenvalue weighted by atomic mass is 9.46. The minimum absolute atomic E-state index is 0.0126.